The van der Waals surface area contributed by atoms with Gasteiger partial charge in [-0.05, 0) is 48.4 Å². The standard InChI is InChI=1S/C21H18ClN3O3/c1-13-17(22)3-2-4-18(13)25-16-8-15(10-23-11-16)21(26)24-9-14-5-6-19-20(7-14)28-12-27-19/h2-8,10-11,25H,9,12H2,1H3,(H,24,26). The van der Waals surface area contributed by atoms with E-state index in [1.54, 1.807) is 12.3 Å². The maximum absolute atomic E-state index is 12.5. The molecule has 0 fully saturated rings. The molecule has 1 aliphatic rings. The highest BCUT2D eigenvalue weighted by Crippen LogP contribution is 2.32. The number of aromatic nitrogens is 1. The first kappa shape index (κ1) is 18.1. The van der Waals surface area contributed by atoms with Gasteiger partial charge in [0.1, 0.15) is 0 Å². The van der Waals surface area contributed by atoms with Gasteiger partial charge in [-0.25, -0.2) is 0 Å². The Morgan fingerprint density at radius 1 is 1.14 bits per heavy atom. The third-order valence-electron chi connectivity index (χ3n) is 4.44. The van der Waals surface area contributed by atoms with Gasteiger partial charge >= 0.3 is 0 Å². The zero-order valence-corrected chi connectivity index (χ0v) is 15.9. The molecule has 0 radical (unpaired) electrons. The summed E-state index contributed by atoms with van der Waals surface area (Å²) in [5, 5.41) is 6.82. The average molecular weight is 396 g/mol. The predicted molar refractivity (Wildman–Crippen MR) is 107 cm³/mol. The SMILES string of the molecule is Cc1c(Cl)cccc1Nc1cncc(C(=O)NCc2ccc3c(c2)OCO3)c1. The molecule has 7 heteroatoms. The molecule has 1 aliphatic heterocycles. The van der Waals surface area contributed by atoms with Crippen LogP contribution in [-0.4, -0.2) is 17.7 Å². The van der Waals surface area contributed by atoms with Gasteiger partial charge in [0.05, 0.1) is 17.4 Å². The minimum absolute atomic E-state index is 0.211. The topological polar surface area (TPSA) is 72.5 Å². The number of carbonyl (C=O) groups is 1. The Labute approximate surface area is 167 Å². The van der Waals surface area contributed by atoms with E-state index >= 15 is 0 Å². The van der Waals surface area contributed by atoms with E-state index in [2.05, 4.69) is 15.6 Å². The van der Waals surface area contributed by atoms with E-state index < -0.39 is 0 Å². The van der Waals surface area contributed by atoms with Crippen LogP contribution in [0.3, 0.4) is 0 Å². The smallest absolute Gasteiger partial charge is 0.253 e. The number of benzene rings is 2. The summed E-state index contributed by atoms with van der Waals surface area (Å²) in [6.45, 7) is 2.53. The van der Waals surface area contributed by atoms with Crippen molar-refractivity contribution in [1.29, 1.82) is 0 Å². The number of amides is 1. The van der Waals surface area contributed by atoms with Crippen molar-refractivity contribution in [2.45, 2.75) is 13.5 Å². The fourth-order valence-corrected chi connectivity index (χ4v) is 3.04. The molecule has 2 heterocycles. The Balaban J connectivity index is 1.43. The second-order valence-electron chi connectivity index (χ2n) is 6.37. The maximum Gasteiger partial charge on any atom is 0.253 e. The average Bonchev–Trinajstić information content (AvgIpc) is 3.18. The lowest BCUT2D eigenvalue weighted by molar-refractivity contribution is 0.0950. The second kappa shape index (κ2) is 7.78. The van der Waals surface area contributed by atoms with E-state index in [1.165, 1.54) is 6.20 Å². The number of fused-ring (bicyclic) bond motifs is 1. The number of nitrogens with zero attached hydrogens (tertiary/aromatic N) is 1. The normalized spacial score (nSPS) is 11.9. The lowest BCUT2D eigenvalue weighted by Gasteiger charge is -2.11. The molecule has 4 rings (SSSR count). The minimum atomic E-state index is -0.211. The van der Waals surface area contributed by atoms with Crippen molar-refractivity contribution in [3.63, 3.8) is 0 Å². The van der Waals surface area contributed by atoms with Crippen molar-refractivity contribution in [3.8, 4) is 11.5 Å². The Kier molecular flexibility index (Phi) is 5.04. The summed E-state index contributed by atoms with van der Waals surface area (Å²) in [5.41, 5.74) is 3.90. The zero-order valence-electron chi connectivity index (χ0n) is 15.2. The molecule has 0 saturated heterocycles. The van der Waals surface area contributed by atoms with Crippen molar-refractivity contribution >= 4 is 28.9 Å². The number of nitrogens with one attached hydrogen (secondary N) is 2. The van der Waals surface area contributed by atoms with Gasteiger partial charge in [0.25, 0.3) is 5.91 Å². The molecule has 0 unspecified atom stereocenters. The molecule has 3 aromatic rings. The van der Waals surface area contributed by atoms with Gasteiger partial charge in [-0.3, -0.25) is 9.78 Å². The third kappa shape index (κ3) is 3.87. The fraction of sp³-hybridized carbons (Fsp3) is 0.143. The molecule has 0 spiro atoms. The summed E-state index contributed by atoms with van der Waals surface area (Å²) in [7, 11) is 0. The van der Waals surface area contributed by atoms with Crippen LogP contribution >= 0.6 is 11.6 Å². The number of carbonyl (C=O) groups excluding carboxylic acids is 1. The number of pyridine rings is 1. The molecular formula is C21H18ClN3O3. The molecule has 1 aromatic heterocycles. The molecule has 1 amide bonds. The van der Waals surface area contributed by atoms with E-state index in [9.17, 15) is 4.79 Å². The largest absolute Gasteiger partial charge is 0.454 e. The van der Waals surface area contributed by atoms with E-state index in [-0.39, 0.29) is 12.7 Å². The second-order valence-corrected chi connectivity index (χ2v) is 6.78. The molecule has 28 heavy (non-hydrogen) atoms. The number of ether oxygens (including phenoxy) is 2. The predicted octanol–water partition coefficient (Wildman–Crippen LogP) is 4.45. The van der Waals surface area contributed by atoms with Crippen LogP contribution in [0.15, 0.2) is 54.9 Å². The van der Waals surface area contributed by atoms with E-state index in [0.29, 0.717) is 28.6 Å². The van der Waals surface area contributed by atoms with Gasteiger partial charge in [0, 0.05) is 23.5 Å². The molecule has 0 atom stereocenters. The molecule has 2 N–H and O–H groups in total. The highest BCUT2D eigenvalue weighted by molar-refractivity contribution is 6.31. The Morgan fingerprint density at radius 2 is 2.00 bits per heavy atom. The minimum Gasteiger partial charge on any atom is -0.454 e. The van der Waals surface area contributed by atoms with E-state index in [4.69, 9.17) is 21.1 Å². The van der Waals surface area contributed by atoms with Gasteiger partial charge in [-0.2, -0.15) is 0 Å². The highest BCUT2D eigenvalue weighted by Gasteiger charge is 2.14. The summed E-state index contributed by atoms with van der Waals surface area (Å²) >= 11 is 6.16. The quantitative estimate of drug-likeness (QED) is 0.668. The van der Waals surface area contributed by atoms with Crippen molar-refractivity contribution in [1.82, 2.24) is 10.3 Å². The summed E-state index contributed by atoms with van der Waals surface area (Å²) in [6, 6.07) is 13.0. The van der Waals surface area contributed by atoms with Crippen LogP contribution in [0.2, 0.25) is 5.02 Å². The summed E-state index contributed by atoms with van der Waals surface area (Å²) < 4.78 is 10.7. The van der Waals surface area contributed by atoms with Crippen LogP contribution < -0.4 is 20.1 Å². The van der Waals surface area contributed by atoms with E-state index in [0.717, 1.165) is 22.6 Å². The molecule has 6 nitrogen and oxygen atoms in total. The summed E-state index contributed by atoms with van der Waals surface area (Å²) in [6.07, 6.45) is 3.19. The first-order valence-corrected chi connectivity index (χ1v) is 9.12. The zero-order chi connectivity index (χ0) is 19.5. The molecular weight excluding hydrogens is 378 g/mol. The molecule has 0 aliphatic carbocycles. The number of hydrogen-bond donors (Lipinski definition) is 2. The summed E-state index contributed by atoms with van der Waals surface area (Å²) in [4.78, 5) is 16.7. The van der Waals surface area contributed by atoms with Gasteiger partial charge in [0.15, 0.2) is 11.5 Å². The highest BCUT2D eigenvalue weighted by atomic mass is 35.5. The van der Waals surface area contributed by atoms with Crippen LogP contribution in [0.25, 0.3) is 0 Å². The van der Waals surface area contributed by atoms with Gasteiger partial charge in [0.2, 0.25) is 6.79 Å². The Morgan fingerprint density at radius 3 is 2.89 bits per heavy atom. The number of rotatable bonds is 5. The lowest BCUT2D eigenvalue weighted by atomic mass is 10.1. The van der Waals surface area contributed by atoms with Crippen molar-refractivity contribution in [2.75, 3.05) is 12.1 Å². The number of halogens is 1. The van der Waals surface area contributed by atoms with E-state index in [1.807, 2.05) is 43.3 Å². The lowest BCUT2D eigenvalue weighted by Crippen LogP contribution is -2.23. The first-order chi connectivity index (χ1) is 13.6. The van der Waals surface area contributed by atoms with Crippen molar-refractivity contribution < 1.29 is 14.3 Å². The van der Waals surface area contributed by atoms with Crippen LogP contribution in [0.1, 0.15) is 21.5 Å². The third-order valence-corrected chi connectivity index (χ3v) is 4.85. The number of anilines is 2. The van der Waals surface area contributed by atoms with Crippen LogP contribution in [0, 0.1) is 6.92 Å². The number of hydrogen-bond acceptors (Lipinski definition) is 5. The van der Waals surface area contributed by atoms with Crippen molar-refractivity contribution in [3.05, 3.63) is 76.6 Å². The first-order valence-electron chi connectivity index (χ1n) is 8.74. The molecule has 0 saturated carbocycles. The summed E-state index contributed by atoms with van der Waals surface area (Å²) in [5.74, 6) is 1.20. The molecule has 142 valence electrons. The molecule has 0 bridgehead atoms. The van der Waals surface area contributed by atoms with Gasteiger partial charge in [-0.1, -0.05) is 23.7 Å². The van der Waals surface area contributed by atoms with Crippen molar-refractivity contribution in [2.24, 2.45) is 0 Å². The Hall–Kier alpha value is -3.25. The van der Waals surface area contributed by atoms with Gasteiger partial charge in [-0.15, -0.1) is 0 Å². The van der Waals surface area contributed by atoms with Crippen LogP contribution in [0.4, 0.5) is 11.4 Å². The Bertz CT molecular complexity index is 1040. The maximum atomic E-state index is 12.5. The van der Waals surface area contributed by atoms with Crippen LogP contribution in [0.5, 0.6) is 11.5 Å². The fourth-order valence-electron chi connectivity index (χ4n) is 2.87. The molecule has 2 aromatic carbocycles. The van der Waals surface area contributed by atoms with Gasteiger partial charge < -0.3 is 20.1 Å². The van der Waals surface area contributed by atoms with Crippen LogP contribution in [-0.2, 0) is 6.54 Å². The monoisotopic (exact) mass is 395 g/mol.